The molecule has 0 radical (unpaired) electrons. The van der Waals surface area contributed by atoms with Crippen molar-refractivity contribution >= 4 is 17.6 Å². The van der Waals surface area contributed by atoms with E-state index in [1.165, 1.54) is 12.1 Å². The molecular formula is C10H14FN5. The highest BCUT2D eigenvalue weighted by molar-refractivity contribution is 6.02. The van der Waals surface area contributed by atoms with E-state index in [4.69, 9.17) is 16.6 Å². The maximum atomic E-state index is 13.0. The molecule has 0 aliphatic carbocycles. The molecule has 0 aromatic heterocycles. The van der Waals surface area contributed by atoms with Crippen molar-refractivity contribution in [2.45, 2.75) is 13.8 Å². The van der Waals surface area contributed by atoms with E-state index in [1.807, 2.05) is 0 Å². The fourth-order valence-corrected chi connectivity index (χ4v) is 1.40. The van der Waals surface area contributed by atoms with Crippen LogP contribution < -0.4 is 16.4 Å². The predicted octanol–water partition coefficient (Wildman–Crippen LogP) is 1.27. The second-order valence-corrected chi connectivity index (χ2v) is 3.45. The first-order valence-electron chi connectivity index (χ1n) is 4.63. The lowest BCUT2D eigenvalue weighted by molar-refractivity contribution is 0.625. The highest BCUT2D eigenvalue weighted by Gasteiger charge is 2.07. The summed E-state index contributed by atoms with van der Waals surface area (Å²) in [5, 5.41) is 19.4. The Kier molecular flexibility index (Phi) is 3.44. The van der Waals surface area contributed by atoms with Gasteiger partial charge in [-0.2, -0.15) is 0 Å². The van der Waals surface area contributed by atoms with E-state index < -0.39 is 0 Å². The van der Waals surface area contributed by atoms with Crippen molar-refractivity contribution in [2.24, 2.45) is 5.73 Å². The van der Waals surface area contributed by atoms with Crippen molar-refractivity contribution in [3.8, 4) is 0 Å². The Bertz CT molecular complexity index is 418. The Hall–Kier alpha value is -2.11. The van der Waals surface area contributed by atoms with Gasteiger partial charge in [-0.3, -0.25) is 16.1 Å². The fraction of sp³-hybridized carbons (Fsp3) is 0.200. The molecule has 0 spiro atoms. The van der Waals surface area contributed by atoms with Gasteiger partial charge in [0.25, 0.3) is 0 Å². The van der Waals surface area contributed by atoms with Gasteiger partial charge in [0.15, 0.2) is 11.9 Å². The van der Waals surface area contributed by atoms with Crippen molar-refractivity contribution in [1.82, 2.24) is 5.32 Å². The first kappa shape index (κ1) is 12.0. The smallest absolute Gasteiger partial charge is 0.199 e. The van der Waals surface area contributed by atoms with Gasteiger partial charge in [0, 0.05) is 5.69 Å². The first-order valence-corrected chi connectivity index (χ1v) is 4.63. The van der Waals surface area contributed by atoms with Gasteiger partial charge >= 0.3 is 0 Å². The molecule has 0 aliphatic rings. The average Bonchev–Trinajstić information content (AvgIpc) is 2.09. The summed E-state index contributed by atoms with van der Waals surface area (Å²) in [6.07, 6.45) is 0. The van der Waals surface area contributed by atoms with Gasteiger partial charge in [0.2, 0.25) is 0 Å². The van der Waals surface area contributed by atoms with Gasteiger partial charge < -0.3 is 11.1 Å². The van der Waals surface area contributed by atoms with Crippen LogP contribution >= 0.6 is 0 Å². The molecule has 0 fully saturated rings. The van der Waals surface area contributed by atoms with Crippen molar-refractivity contribution in [1.29, 1.82) is 10.8 Å². The van der Waals surface area contributed by atoms with Gasteiger partial charge in [0.05, 0.1) is 0 Å². The lowest BCUT2D eigenvalue weighted by Crippen LogP contribution is -2.39. The molecule has 0 heterocycles. The Balaban J connectivity index is 2.89. The zero-order valence-electron chi connectivity index (χ0n) is 9.11. The molecule has 6 N–H and O–H groups in total. The number of benzene rings is 1. The van der Waals surface area contributed by atoms with E-state index in [0.717, 1.165) is 0 Å². The normalized spacial score (nSPS) is 9.69. The molecule has 1 aromatic rings. The minimum Gasteiger partial charge on any atom is -0.370 e. The van der Waals surface area contributed by atoms with E-state index in [0.29, 0.717) is 16.8 Å². The zero-order valence-corrected chi connectivity index (χ0v) is 9.11. The number of rotatable bonds is 1. The molecule has 6 heteroatoms. The largest absolute Gasteiger partial charge is 0.370 e. The van der Waals surface area contributed by atoms with Crippen molar-refractivity contribution < 1.29 is 4.39 Å². The summed E-state index contributed by atoms with van der Waals surface area (Å²) >= 11 is 0. The number of nitrogens with two attached hydrogens (primary N) is 1. The minimum absolute atomic E-state index is 0.120. The Morgan fingerprint density at radius 2 is 1.75 bits per heavy atom. The highest BCUT2D eigenvalue weighted by Crippen LogP contribution is 2.21. The number of anilines is 1. The number of nitrogens with one attached hydrogen (secondary N) is 4. The van der Waals surface area contributed by atoms with Gasteiger partial charge in [-0.05, 0) is 37.1 Å². The quantitative estimate of drug-likeness (QED) is 0.366. The van der Waals surface area contributed by atoms with Crippen LogP contribution in [-0.2, 0) is 0 Å². The average molecular weight is 223 g/mol. The molecule has 1 rings (SSSR count). The van der Waals surface area contributed by atoms with Crippen LogP contribution in [0.3, 0.4) is 0 Å². The fourth-order valence-electron chi connectivity index (χ4n) is 1.40. The first-order chi connectivity index (χ1) is 7.40. The van der Waals surface area contributed by atoms with E-state index in [2.05, 4.69) is 10.6 Å². The van der Waals surface area contributed by atoms with Crippen molar-refractivity contribution in [3.63, 3.8) is 0 Å². The molecular weight excluding hydrogens is 209 g/mol. The molecule has 1 aromatic carbocycles. The van der Waals surface area contributed by atoms with Crippen molar-refractivity contribution in [2.75, 3.05) is 5.32 Å². The third-order valence-corrected chi connectivity index (χ3v) is 2.01. The molecule has 86 valence electrons. The number of halogens is 1. The number of guanidine groups is 2. The standard InChI is InChI=1S/C10H14FN5/c1-5-3-7(11)4-6(2)8(5)15-10(14)16-9(12)13/h3-4H,1-2H3,(H6,12,13,14,15,16). The third kappa shape index (κ3) is 2.94. The molecule has 5 nitrogen and oxygen atoms in total. The van der Waals surface area contributed by atoms with E-state index in [9.17, 15) is 4.39 Å². The van der Waals surface area contributed by atoms with Gasteiger partial charge in [-0.1, -0.05) is 0 Å². The number of hydrogen-bond donors (Lipinski definition) is 5. The summed E-state index contributed by atoms with van der Waals surface area (Å²) in [5.41, 5.74) is 7.09. The van der Waals surface area contributed by atoms with Crippen LogP contribution in [0.2, 0.25) is 0 Å². The lowest BCUT2D eigenvalue weighted by atomic mass is 10.1. The number of aryl methyl sites for hydroxylation is 2. The van der Waals surface area contributed by atoms with Crippen LogP contribution in [0, 0.1) is 30.5 Å². The topological polar surface area (TPSA) is 97.8 Å². The second-order valence-electron chi connectivity index (χ2n) is 3.45. The highest BCUT2D eigenvalue weighted by atomic mass is 19.1. The van der Waals surface area contributed by atoms with E-state index in [-0.39, 0.29) is 17.7 Å². The number of hydrogen-bond acceptors (Lipinski definition) is 2. The Labute approximate surface area is 92.9 Å². The minimum atomic E-state index is -0.324. The molecule has 0 atom stereocenters. The van der Waals surface area contributed by atoms with E-state index in [1.54, 1.807) is 13.8 Å². The molecule has 0 aliphatic heterocycles. The SMILES string of the molecule is Cc1cc(F)cc(C)c1NC(=N)NC(=N)N. The van der Waals surface area contributed by atoms with Crippen LogP contribution in [0.5, 0.6) is 0 Å². The molecule has 0 saturated heterocycles. The van der Waals surface area contributed by atoms with Crippen LogP contribution in [0.1, 0.15) is 11.1 Å². The summed E-state index contributed by atoms with van der Waals surface area (Å²) < 4.78 is 13.0. The maximum absolute atomic E-state index is 13.0. The van der Waals surface area contributed by atoms with Crippen molar-refractivity contribution in [3.05, 3.63) is 29.1 Å². The molecule has 0 saturated carbocycles. The predicted molar refractivity (Wildman–Crippen MR) is 62.3 cm³/mol. The van der Waals surface area contributed by atoms with E-state index >= 15 is 0 Å². The second kappa shape index (κ2) is 4.61. The monoisotopic (exact) mass is 223 g/mol. The molecule has 16 heavy (non-hydrogen) atoms. The zero-order chi connectivity index (χ0) is 12.3. The van der Waals surface area contributed by atoms with Crippen LogP contribution in [-0.4, -0.2) is 11.9 Å². The third-order valence-electron chi connectivity index (χ3n) is 2.01. The molecule has 0 bridgehead atoms. The van der Waals surface area contributed by atoms with Crippen LogP contribution in [0.15, 0.2) is 12.1 Å². The Morgan fingerprint density at radius 3 is 2.19 bits per heavy atom. The maximum Gasteiger partial charge on any atom is 0.199 e. The van der Waals surface area contributed by atoms with Crippen LogP contribution in [0.25, 0.3) is 0 Å². The molecule has 0 amide bonds. The summed E-state index contributed by atoms with van der Waals surface area (Å²) in [6.45, 7) is 3.47. The summed E-state index contributed by atoms with van der Waals surface area (Å²) in [4.78, 5) is 0. The summed E-state index contributed by atoms with van der Waals surface area (Å²) in [6, 6.07) is 2.74. The lowest BCUT2D eigenvalue weighted by Gasteiger charge is -2.13. The van der Waals surface area contributed by atoms with Gasteiger partial charge in [-0.25, -0.2) is 4.39 Å². The summed E-state index contributed by atoms with van der Waals surface area (Å²) in [7, 11) is 0. The van der Waals surface area contributed by atoms with Gasteiger partial charge in [0.1, 0.15) is 5.82 Å². The summed E-state index contributed by atoms with van der Waals surface area (Å²) in [5.74, 6) is -0.758. The van der Waals surface area contributed by atoms with Crippen LogP contribution in [0.4, 0.5) is 10.1 Å². The Morgan fingerprint density at radius 1 is 1.25 bits per heavy atom. The van der Waals surface area contributed by atoms with Gasteiger partial charge in [-0.15, -0.1) is 0 Å². The molecule has 0 unspecified atom stereocenters.